The van der Waals surface area contributed by atoms with Crippen molar-refractivity contribution >= 4 is 23.2 Å². The van der Waals surface area contributed by atoms with Gasteiger partial charge in [0.1, 0.15) is 11.5 Å². The van der Waals surface area contributed by atoms with Gasteiger partial charge in [-0.05, 0) is 73.0 Å². The van der Waals surface area contributed by atoms with Crippen LogP contribution in [0.1, 0.15) is 53.2 Å². The SMILES string of the molecule is COc1ccc(N2CCN(C(c3cccc(C(=O)NC4CCCC4)c3)c3cc(Cl)ccc3O)CC2)cc1. The molecule has 1 saturated carbocycles. The minimum atomic E-state index is -0.226. The summed E-state index contributed by atoms with van der Waals surface area (Å²) < 4.78 is 5.30. The molecule has 1 saturated heterocycles. The highest BCUT2D eigenvalue weighted by Gasteiger charge is 2.29. The maximum Gasteiger partial charge on any atom is 0.251 e. The number of carbonyl (C=O) groups excluding carboxylic acids is 1. The van der Waals surface area contributed by atoms with E-state index in [4.69, 9.17) is 16.3 Å². The molecule has 0 spiro atoms. The number of anilines is 1. The van der Waals surface area contributed by atoms with E-state index in [1.807, 2.05) is 42.5 Å². The van der Waals surface area contributed by atoms with E-state index < -0.39 is 0 Å². The molecule has 7 heteroatoms. The molecule has 3 aromatic carbocycles. The Labute approximate surface area is 223 Å². The minimum Gasteiger partial charge on any atom is -0.508 e. The van der Waals surface area contributed by atoms with E-state index in [9.17, 15) is 9.90 Å². The number of benzene rings is 3. The number of ether oxygens (including phenoxy) is 1. The Hall–Kier alpha value is -3.22. The fourth-order valence-electron chi connectivity index (χ4n) is 5.55. The van der Waals surface area contributed by atoms with Crippen LogP contribution in [0.15, 0.2) is 66.7 Å². The van der Waals surface area contributed by atoms with Crippen LogP contribution in [0.3, 0.4) is 0 Å². The summed E-state index contributed by atoms with van der Waals surface area (Å²) in [5.74, 6) is 1.01. The number of nitrogens with one attached hydrogen (secondary N) is 1. The number of halogens is 1. The Bertz CT molecular complexity index is 1220. The number of nitrogens with zero attached hydrogens (tertiary/aromatic N) is 2. The monoisotopic (exact) mass is 519 g/mol. The molecule has 1 heterocycles. The predicted octanol–water partition coefficient (Wildman–Crippen LogP) is 5.64. The third-order valence-electron chi connectivity index (χ3n) is 7.56. The second kappa shape index (κ2) is 11.4. The number of rotatable bonds is 7. The number of hydrogen-bond donors (Lipinski definition) is 2. The van der Waals surface area contributed by atoms with Crippen molar-refractivity contribution in [3.8, 4) is 11.5 Å². The molecule has 0 bridgehead atoms. The number of phenolic OH excluding ortho intramolecular Hbond substituents is 1. The highest BCUT2D eigenvalue weighted by atomic mass is 35.5. The maximum atomic E-state index is 13.0. The van der Waals surface area contributed by atoms with Gasteiger partial charge in [0.15, 0.2) is 0 Å². The minimum absolute atomic E-state index is 0.0351. The first-order valence-electron chi connectivity index (χ1n) is 13.0. The standard InChI is InChI=1S/C30H34ClN3O3/c1-37-26-12-10-25(11-13-26)33-15-17-34(18-16-33)29(27-20-23(31)9-14-28(27)35)21-5-4-6-22(19-21)30(36)32-24-7-2-3-8-24/h4-6,9-14,19-20,24,29,35H,2-3,7-8,15-18H2,1H3,(H,32,36). The van der Waals surface area contributed by atoms with Crippen LogP contribution in [0.2, 0.25) is 5.02 Å². The Morgan fingerprint density at radius 3 is 2.43 bits per heavy atom. The fraction of sp³-hybridized carbons (Fsp3) is 0.367. The number of carbonyl (C=O) groups is 1. The number of piperazine rings is 1. The van der Waals surface area contributed by atoms with Gasteiger partial charge >= 0.3 is 0 Å². The lowest BCUT2D eigenvalue weighted by Gasteiger charge is -2.41. The van der Waals surface area contributed by atoms with Gasteiger partial charge in [-0.2, -0.15) is 0 Å². The van der Waals surface area contributed by atoms with Crippen LogP contribution in [0.4, 0.5) is 5.69 Å². The molecule has 1 atom stereocenters. The lowest BCUT2D eigenvalue weighted by molar-refractivity contribution is 0.0937. The summed E-state index contributed by atoms with van der Waals surface area (Å²) in [6.45, 7) is 3.26. The van der Waals surface area contributed by atoms with Crippen molar-refractivity contribution < 1.29 is 14.6 Å². The number of amides is 1. The second-order valence-corrected chi connectivity index (χ2v) is 10.3. The van der Waals surface area contributed by atoms with E-state index in [-0.39, 0.29) is 23.7 Å². The summed E-state index contributed by atoms with van der Waals surface area (Å²) in [5, 5.41) is 14.6. The van der Waals surface area contributed by atoms with Gasteiger partial charge in [0.2, 0.25) is 0 Å². The van der Waals surface area contributed by atoms with Gasteiger partial charge in [-0.15, -0.1) is 0 Å². The van der Waals surface area contributed by atoms with Crippen LogP contribution in [0.5, 0.6) is 11.5 Å². The highest BCUT2D eigenvalue weighted by molar-refractivity contribution is 6.30. The zero-order chi connectivity index (χ0) is 25.8. The van der Waals surface area contributed by atoms with Gasteiger partial charge in [-0.25, -0.2) is 0 Å². The highest BCUT2D eigenvalue weighted by Crippen LogP contribution is 2.37. The van der Waals surface area contributed by atoms with Gasteiger partial charge in [0.25, 0.3) is 5.91 Å². The van der Waals surface area contributed by atoms with Crippen molar-refractivity contribution in [1.82, 2.24) is 10.2 Å². The largest absolute Gasteiger partial charge is 0.508 e. The average Bonchev–Trinajstić information content (AvgIpc) is 3.44. The molecule has 1 amide bonds. The molecule has 2 aliphatic rings. The van der Waals surface area contributed by atoms with Crippen LogP contribution >= 0.6 is 11.6 Å². The Morgan fingerprint density at radius 1 is 1.00 bits per heavy atom. The van der Waals surface area contributed by atoms with Gasteiger partial charge in [0, 0.05) is 54.1 Å². The summed E-state index contributed by atoms with van der Waals surface area (Å²) in [6, 6.07) is 21.1. The van der Waals surface area contributed by atoms with Gasteiger partial charge in [-0.1, -0.05) is 36.6 Å². The quantitative estimate of drug-likeness (QED) is 0.423. The van der Waals surface area contributed by atoms with Crippen molar-refractivity contribution in [2.75, 3.05) is 38.2 Å². The summed E-state index contributed by atoms with van der Waals surface area (Å²) in [4.78, 5) is 17.8. The molecule has 5 rings (SSSR count). The fourth-order valence-corrected chi connectivity index (χ4v) is 5.73. The first-order valence-corrected chi connectivity index (χ1v) is 13.4. The van der Waals surface area contributed by atoms with Gasteiger partial charge in [-0.3, -0.25) is 9.69 Å². The Kier molecular flexibility index (Phi) is 7.87. The lowest BCUT2D eigenvalue weighted by atomic mass is 9.94. The molecule has 6 nitrogen and oxygen atoms in total. The van der Waals surface area contributed by atoms with Crippen molar-refractivity contribution in [3.05, 3.63) is 88.4 Å². The predicted molar refractivity (Wildman–Crippen MR) is 148 cm³/mol. The van der Waals surface area contributed by atoms with Crippen molar-refractivity contribution in [1.29, 1.82) is 0 Å². The summed E-state index contributed by atoms with van der Waals surface area (Å²) in [6.07, 6.45) is 4.43. The molecular formula is C30H34ClN3O3. The molecule has 3 aromatic rings. The van der Waals surface area contributed by atoms with Crippen molar-refractivity contribution in [2.24, 2.45) is 0 Å². The second-order valence-electron chi connectivity index (χ2n) is 9.91. The van der Waals surface area contributed by atoms with E-state index >= 15 is 0 Å². The van der Waals surface area contributed by atoms with E-state index in [1.165, 1.54) is 12.8 Å². The van der Waals surface area contributed by atoms with E-state index in [1.54, 1.807) is 19.2 Å². The van der Waals surface area contributed by atoms with Gasteiger partial charge in [0.05, 0.1) is 13.2 Å². The summed E-state index contributed by atoms with van der Waals surface area (Å²) in [5.41, 5.74) is 3.52. The maximum absolute atomic E-state index is 13.0. The molecule has 1 unspecified atom stereocenters. The van der Waals surface area contributed by atoms with Crippen LogP contribution < -0.4 is 15.0 Å². The zero-order valence-corrected chi connectivity index (χ0v) is 22.0. The number of phenols is 1. The molecule has 37 heavy (non-hydrogen) atoms. The first-order chi connectivity index (χ1) is 18.0. The van der Waals surface area contributed by atoms with E-state index in [0.29, 0.717) is 10.6 Å². The third-order valence-corrected chi connectivity index (χ3v) is 7.79. The normalized spacial score (nSPS) is 17.5. The van der Waals surface area contributed by atoms with Crippen LogP contribution in [-0.2, 0) is 0 Å². The van der Waals surface area contributed by atoms with Crippen LogP contribution in [0, 0.1) is 0 Å². The molecular weight excluding hydrogens is 486 g/mol. The number of hydrogen-bond acceptors (Lipinski definition) is 5. The number of aromatic hydroxyl groups is 1. The van der Waals surface area contributed by atoms with Gasteiger partial charge < -0.3 is 20.1 Å². The molecule has 2 N–H and O–H groups in total. The summed E-state index contributed by atoms with van der Waals surface area (Å²) in [7, 11) is 1.67. The molecule has 1 aliphatic carbocycles. The number of methoxy groups -OCH3 is 1. The van der Waals surface area contributed by atoms with Crippen molar-refractivity contribution in [3.63, 3.8) is 0 Å². The third kappa shape index (κ3) is 5.86. The van der Waals surface area contributed by atoms with Crippen molar-refractivity contribution in [2.45, 2.75) is 37.8 Å². The molecule has 1 aliphatic heterocycles. The zero-order valence-electron chi connectivity index (χ0n) is 21.2. The van der Waals surface area contributed by atoms with Crippen LogP contribution in [-0.4, -0.2) is 55.2 Å². The van der Waals surface area contributed by atoms with Crippen LogP contribution in [0.25, 0.3) is 0 Å². The topological polar surface area (TPSA) is 65.0 Å². The summed E-state index contributed by atoms with van der Waals surface area (Å²) >= 11 is 6.38. The average molecular weight is 520 g/mol. The van der Waals surface area contributed by atoms with E-state index in [2.05, 4.69) is 27.2 Å². The Morgan fingerprint density at radius 2 is 1.73 bits per heavy atom. The van der Waals surface area contributed by atoms with E-state index in [0.717, 1.165) is 61.6 Å². The molecule has 2 fully saturated rings. The first kappa shape index (κ1) is 25.4. The lowest BCUT2D eigenvalue weighted by Crippen LogP contribution is -2.48. The molecule has 0 aromatic heterocycles. The smallest absolute Gasteiger partial charge is 0.251 e. The molecule has 0 radical (unpaired) electrons. The Balaban J connectivity index is 1.40. The molecule has 194 valence electrons.